The average Bonchev–Trinajstić information content (AvgIpc) is 3.33. The van der Waals surface area contributed by atoms with Crippen LogP contribution in [0, 0.1) is 10.1 Å². The van der Waals surface area contributed by atoms with Crippen molar-refractivity contribution in [2.75, 3.05) is 11.9 Å². The number of fused-ring (bicyclic) bond motifs is 2. The zero-order chi connectivity index (χ0) is 19.7. The predicted octanol–water partition coefficient (Wildman–Crippen LogP) is 2.64. The molecule has 10 nitrogen and oxygen atoms in total. The molecule has 142 valence electrons. The lowest BCUT2D eigenvalue weighted by Crippen LogP contribution is -2.21. The van der Waals surface area contributed by atoms with Crippen molar-refractivity contribution < 1.29 is 19.2 Å². The van der Waals surface area contributed by atoms with E-state index in [1.807, 2.05) is 11.6 Å². The van der Waals surface area contributed by atoms with Gasteiger partial charge >= 0.3 is 5.97 Å². The fourth-order valence-electron chi connectivity index (χ4n) is 2.44. The number of non-ortho nitro benzene ring substituents is 1. The first-order chi connectivity index (χ1) is 13.5. The van der Waals surface area contributed by atoms with E-state index in [9.17, 15) is 19.7 Å². The van der Waals surface area contributed by atoms with Gasteiger partial charge in [-0.25, -0.2) is 9.97 Å². The Morgan fingerprint density at radius 1 is 1.32 bits per heavy atom. The Morgan fingerprint density at radius 2 is 2.18 bits per heavy atom. The molecule has 12 heteroatoms. The molecule has 0 aliphatic carbocycles. The Balaban J connectivity index is 1.32. The number of nitro groups is 1. The van der Waals surface area contributed by atoms with E-state index < -0.39 is 23.4 Å². The summed E-state index contributed by atoms with van der Waals surface area (Å²) in [7, 11) is 0. The van der Waals surface area contributed by atoms with Crippen molar-refractivity contribution in [2.45, 2.75) is 6.42 Å². The zero-order valence-electron chi connectivity index (χ0n) is 14.0. The fourth-order valence-corrected chi connectivity index (χ4v) is 4.08. The summed E-state index contributed by atoms with van der Waals surface area (Å²) in [5, 5.41) is 15.5. The van der Waals surface area contributed by atoms with Crippen LogP contribution in [0.25, 0.3) is 15.2 Å². The Kier molecular flexibility index (Phi) is 4.71. The van der Waals surface area contributed by atoms with Crippen LogP contribution in [0.2, 0.25) is 0 Å². The number of nitro benzene ring substituents is 1. The Morgan fingerprint density at radius 3 is 2.96 bits per heavy atom. The summed E-state index contributed by atoms with van der Waals surface area (Å²) < 4.78 is 7.34. The average molecular weight is 417 g/mol. The summed E-state index contributed by atoms with van der Waals surface area (Å²) in [4.78, 5) is 43.4. The van der Waals surface area contributed by atoms with Crippen LogP contribution in [0.4, 0.5) is 10.8 Å². The first-order valence-corrected chi connectivity index (χ1v) is 9.59. The molecular weight excluding hydrogens is 406 g/mol. The Hall–Kier alpha value is -3.38. The zero-order valence-corrected chi connectivity index (χ0v) is 15.7. The quantitative estimate of drug-likeness (QED) is 0.290. The van der Waals surface area contributed by atoms with Crippen molar-refractivity contribution in [1.82, 2.24) is 14.4 Å². The molecule has 0 saturated carbocycles. The fraction of sp³-hybridized carbons (Fsp3) is 0.125. The van der Waals surface area contributed by atoms with Crippen LogP contribution in [0.5, 0.6) is 0 Å². The van der Waals surface area contributed by atoms with Gasteiger partial charge in [0, 0.05) is 29.9 Å². The van der Waals surface area contributed by atoms with Crippen LogP contribution in [-0.4, -0.2) is 37.8 Å². The number of anilines is 1. The van der Waals surface area contributed by atoms with Crippen molar-refractivity contribution in [3.8, 4) is 0 Å². The number of esters is 1. The molecule has 28 heavy (non-hydrogen) atoms. The molecule has 0 unspecified atom stereocenters. The van der Waals surface area contributed by atoms with Gasteiger partial charge in [0.2, 0.25) is 0 Å². The summed E-state index contributed by atoms with van der Waals surface area (Å²) in [6, 6.07) is 4.24. The first kappa shape index (κ1) is 18.0. The monoisotopic (exact) mass is 417 g/mol. The third-order valence-electron chi connectivity index (χ3n) is 3.66. The van der Waals surface area contributed by atoms with Crippen molar-refractivity contribution in [1.29, 1.82) is 0 Å². The van der Waals surface area contributed by atoms with Crippen LogP contribution in [0.3, 0.4) is 0 Å². The molecule has 0 aliphatic rings. The summed E-state index contributed by atoms with van der Waals surface area (Å²) in [6.45, 7) is -0.461. The van der Waals surface area contributed by atoms with Gasteiger partial charge in [0.05, 0.1) is 27.3 Å². The molecule has 0 spiro atoms. The highest BCUT2D eigenvalue weighted by atomic mass is 32.1. The van der Waals surface area contributed by atoms with Gasteiger partial charge in [-0.3, -0.25) is 29.4 Å². The number of carbonyl (C=O) groups excluding carboxylic acids is 2. The van der Waals surface area contributed by atoms with Crippen LogP contribution in [0.1, 0.15) is 5.69 Å². The highest BCUT2D eigenvalue weighted by Crippen LogP contribution is 2.29. The summed E-state index contributed by atoms with van der Waals surface area (Å²) >= 11 is 2.55. The molecule has 1 N–H and O–H groups in total. The first-order valence-electron chi connectivity index (χ1n) is 7.89. The highest BCUT2D eigenvalue weighted by molar-refractivity contribution is 7.22. The molecule has 3 heterocycles. The van der Waals surface area contributed by atoms with Gasteiger partial charge in [0.25, 0.3) is 11.6 Å². The van der Waals surface area contributed by atoms with E-state index in [1.165, 1.54) is 29.5 Å². The number of amides is 1. The molecule has 0 atom stereocenters. The molecule has 0 saturated heterocycles. The van der Waals surface area contributed by atoms with Gasteiger partial charge in [-0.15, -0.1) is 11.3 Å². The van der Waals surface area contributed by atoms with E-state index in [4.69, 9.17) is 4.74 Å². The van der Waals surface area contributed by atoms with Crippen LogP contribution in [-0.2, 0) is 20.7 Å². The number of rotatable bonds is 6. The van der Waals surface area contributed by atoms with Gasteiger partial charge in [-0.2, -0.15) is 0 Å². The van der Waals surface area contributed by atoms with E-state index >= 15 is 0 Å². The summed E-state index contributed by atoms with van der Waals surface area (Å²) in [6.07, 6.45) is 3.53. The summed E-state index contributed by atoms with van der Waals surface area (Å²) in [5.74, 6) is -1.12. The Labute approximate surface area is 164 Å². The lowest BCUT2D eigenvalue weighted by molar-refractivity contribution is -0.384. The van der Waals surface area contributed by atoms with Crippen LogP contribution >= 0.6 is 22.7 Å². The normalized spacial score (nSPS) is 11.0. The van der Waals surface area contributed by atoms with Gasteiger partial charge in [-0.05, 0) is 6.07 Å². The van der Waals surface area contributed by atoms with Gasteiger partial charge < -0.3 is 4.74 Å². The minimum atomic E-state index is -0.569. The smallest absolute Gasteiger partial charge is 0.312 e. The number of aromatic nitrogens is 3. The lowest BCUT2D eigenvalue weighted by atomic mass is 10.3. The molecule has 1 amide bonds. The largest absolute Gasteiger partial charge is 0.455 e. The molecule has 0 fully saturated rings. The minimum absolute atomic E-state index is 0.0352. The molecule has 1 aromatic carbocycles. The maximum absolute atomic E-state index is 12.0. The molecule has 4 rings (SSSR count). The van der Waals surface area contributed by atoms with Gasteiger partial charge in [-0.1, -0.05) is 11.3 Å². The number of hydrogen-bond acceptors (Lipinski definition) is 9. The summed E-state index contributed by atoms with van der Waals surface area (Å²) in [5.41, 5.74) is 1.04. The molecule has 0 aliphatic heterocycles. The molecular formula is C16H11N5O5S2. The van der Waals surface area contributed by atoms with Crippen LogP contribution < -0.4 is 5.32 Å². The standard InChI is InChI=1S/C16H11N5O5S2/c22-13(8-26-14(23)5-9-7-20-3-4-27-16(20)17-9)19-15-18-11-2-1-10(21(24)25)6-12(11)28-15/h1-4,6-7H,5,8H2,(H,18,19,22). The number of ether oxygens (including phenoxy) is 1. The number of carbonyl (C=O) groups is 2. The van der Waals surface area contributed by atoms with Gasteiger partial charge in [0.15, 0.2) is 16.7 Å². The second kappa shape index (κ2) is 7.32. The second-order valence-electron chi connectivity index (χ2n) is 5.64. The van der Waals surface area contributed by atoms with E-state index in [2.05, 4.69) is 15.3 Å². The van der Waals surface area contributed by atoms with Crippen LogP contribution in [0.15, 0.2) is 36.0 Å². The third kappa shape index (κ3) is 3.82. The molecule has 3 aromatic heterocycles. The number of imidazole rings is 1. The van der Waals surface area contributed by atoms with E-state index in [0.29, 0.717) is 15.9 Å². The number of thiazole rings is 2. The lowest BCUT2D eigenvalue weighted by Gasteiger charge is -2.03. The van der Waals surface area contributed by atoms with Crippen molar-refractivity contribution in [3.63, 3.8) is 0 Å². The van der Waals surface area contributed by atoms with Crippen molar-refractivity contribution in [3.05, 3.63) is 51.8 Å². The van der Waals surface area contributed by atoms with E-state index in [1.54, 1.807) is 10.6 Å². The number of benzene rings is 1. The maximum Gasteiger partial charge on any atom is 0.312 e. The number of nitrogens with one attached hydrogen (secondary N) is 1. The number of hydrogen-bond donors (Lipinski definition) is 1. The topological polar surface area (TPSA) is 129 Å². The highest BCUT2D eigenvalue weighted by Gasteiger charge is 2.14. The Bertz CT molecular complexity index is 1180. The van der Waals surface area contributed by atoms with Crippen molar-refractivity contribution >= 4 is 60.5 Å². The molecule has 0 bridgehead atoms. The van der Waals surface area contributed by atoms with Gasteiger partial charge in [0.1, 0.15) is 0 Å². The van der Waals surface area contributed by atoms with Crippen molar-refractivity contribution in [2.24, 2.45) is 0 Å². The minimum Gasteiger partial charge on any atom is -0.455 e. The van der Waals surface area contributed by atoms with E-state index in [0.717, 1.165) is 16.3 Å². The third-order valence-corrected chi connectivity index (χ3v) is 5.37. The molecule has 0 radical (unpaired) electrons. The SMILES string of the molecule is O=C(COC(=O)Cc1cn2ccsc2n1)Nc1nc2ccc([N+](=O)[O-])cc2s1. The second-order valence-corrected chi connectivity index (χ2v) is 7.54. The maximum atomic E-state index is 12.0. The van der Waals surface area contributed by atoms with E-state index in [-0.39, 0.29) is 17.2 Å². The predicted molar refractivity (Wildman–Crippen MR) is 103 cm³/mol. The molecule has 4 aromatic rings. The number of nitrogens with zero attached hydrogens (tertiary/aromatic N) is 4.